The zero-order valence-corrected chi connectivity index (χ0v) is 10.0. The van der Waals surface area contributed by atoms with Gasteiger partial charge in [-0.1, -0.05) is 11.6 Å². The summed E-state index contributed by atoms with van der Waals surface area (Å²) in [5, 5.41) is 4.09. The maximum absolute atomic E-state index is 5.94. The van der Waals surface area contributed by atoms with E-state index in [9.17, 15) is 0 Å². The van der Waals surface area contributed by atoms with Crippen molar-refractivity contribution in [3.05, 3.63) is 40.2 Å². The fraction of sp³-hybridized carbons (Fsp3) is 0.333. The van der Waals surface area contributed by atoms with E-state index >= 15 is 0 Å². The summed E-state index contributed by atoms with van der Waals surface area (Å²) in [7, 11) is 0. The molecule has 0 bridgehead atoms. The molecule has 0 saturated carbocycles. The third kappa shape index (κ3) is 2.15. The summed E-state index contributed by atoms with van der Waals surface area (Å²) in [6.07, 6.45) is 1.84. The summed E-state index contributed by atoms with van der Waals surface area (Å²) in [5.41, 5.74) is 15.8. The number of benzene rings is 1. The van der Waals surface area contributed by atoms with Crippen LogP contribution in [0.1, 0.15) is 18.9 Å². The Hall–Kier alpha value is -1.19. The lowest BCUT2D eigenvalue weighted by atomic mass is 9.99. The quantitative estimate of drug-likeness (QED) is 0.702. The van der Waals surface area contributed by atoms with E-state index in [2.05, 4.69) is 5.32 Å². The van der Waals surface area contributed by atoms with Gasteiger partial charge in [-0.15, -0.1) is 0 Å². The molecule has 1 aliphatic rings. The molecule has 86 valence electrons. The van der Waals surface area contributed by atoms with Gasteiger partial charge in [0.25, 0.3) is 0 Å². The van der Waals surface area contributed by atoms with Gasteiger partial charge >= 0.3 is 0 Å². The van der Waals surface area contributed by atoms with E-state index in [4.69, 9.17) is 23.1 Å². The number of hydrogen-bond donors (Lipinski definition) is 3. The Labute approximate surface area is 100 Å². The van der Waals surface area contributed by atoms with Gasteiger partial charge in [0.2, 0.25) is 0 Å². The van der Waals surface area contributed by atoms with Crippen LogP contribution in [0.5, 0.6) is 0 Å². The predicted octanol–water partition coefficient (Wildman–Crippen LogP) is 2.22. The van der Waals surface area contributed by atoms with Gasteiger partial charge in [-0.25, -0.2) is 0 Å². The van der Waals surface area contributed by atoms with Crippen LogP contribution >= 0.6 is 11.6 Å². The summed E-state index contributed by atoms with van der Waals surface area (Å²) < 4.78 is 0. The fourth-order valence-corrected chi connectivity index (χ4v) is 2.06. The first-order chi connectivity index (χ1) is 7.58. The molecule has 1 heterocycles. The Kier molecular flexibility index (Phi) is 3.08. The summed E-state index contributed by atoms with van der Waals surface area (Å²) in [6.45, 7) is 1.89. The predicted molar refractivity (Wildman–Crippen MR) is 68.3 cm³/mol. The van der Waals surface area contributed by atoms with Gasteiger partial charge in [0.15, 0.2) is 0 Å². The third-order valence-corrected chi connectivity index (χ3v) is 3.07. The Morgan fingerprint density at radius 3 is 2.88 bits per heavy atom. The minimum Gasteiger partial charge on any atom is -0.399 e. The number of allylic oxidation sites excluding steroid dienone is 1. The molecule has 3 nitrogen and oxygen atoms in total. The average molecular weight is 238 g/mol. The first kappa shape index (κ1) is 11.3. The zero-order valence-electron chi connectivity index (χ0n) is 9.26. The highest BCUT2D eigenvalue weighted by Crippen LogP contribution is 2.29. The molecular weight excluding hydrogens is 222 g/mol. The van der Waals surface area contributed by atoms with Crippen molar-refractivity contribution in [3.8, 4) is 0 Å². The summed E-state index contributed by atoms with van der Waals surface area (Å²) in [6, 6.07) is 5.73. The number of rotatable bonds is 1. The number of hydrogen-bond acceptors (Lipinski definition) is 3. The van der Waals surface area contributed by atoms with E-state index in [1.165, 1.54) is 5.56 Å². The number of halogens is 1. The average Bonchev–Trinajstić information content (AvgIpc) is 2.27. The van der Waals surface area contributed by atoms with Crippen molar-refractivity contribution in [2.45, 2.75) is 25.8 Å². The van der Waals surface area contributed by atoms with Crippen LogP contribution in [0.25, 0.3) is 0 Å². The topological polar surface area (TPSA) is 64.1 Å². The van der Waals surface area contributed by atoms with Gasteiger partial charge in [-0.2, -0.15) is 0 Å². The van der Waals surface area contributed by atoms with Gasteiger partial charge in [-0.3, -0.25) is 0 Å². The Bertz CT molecular complexity index is 438. The maximum Gasteiger partial charge on any atom is 0.0444 e. The molecule has 1 aromatic carbocycles. The van der Waals surface area contributed by atoms with Crippen LogP contribution < -0.4 is 16.8 Å². The Balaban J connectivity index is 2.31. The fourth-order valence-electron chi connectivity index (χ4n) is 1.87. The van der Waals surface area contributed by atoms with Crippen LogP contribution in [0.2, 0.25) is 5.02 Å². The highest BCUT2D eigenvalue weighted by atomic mass is 35.5. The molecule has 1 unspecified atom stereocenters. The SMILES string of the molecule is CC(N)/C(N)=C1\CCc2cc(Cl)ccc2N1. The van der Waals surface area contributed by atoms with Gasteiger partial charge in [-0.05, 0) is 43.5 Å². The monoisotopic (exact) mass is 237 g/mol. The second kappa shape index (κ2) is 4.36. The van der Waals surface area contributed by atoms with E-state index in [0.29, 0.717) is 0 Å². The first-order valence-corrected chi connectivity index (χ1v) is 5.75. The molecule has 4 heteroatoms. The van der Waals surface area contributed by atoms with Crippen molar-refractivity contribution >= 4 is 17.3 Å². The van der Waals surface area contributed by atoms with Crippen molar-refractivity contribution in [1.29, 1.82) is 0 Å². The summed E-state index contributed by atoms with van der Waals surface area (Å²) in [5.74, 6) is 0. The summed E-state index contributed by atoms with van der Waals surface area (Å²) >= 11 is 5.94. The van der Waals surface area contributed by atoms with E-state index in [1.807, 2.05) is 25.1 Å². The molecule has 0 fully saturated rings. The minimum absolute atomic E-state index is 0.114. The van der Waals surface area contributed by atoms with E-state index in [-0.39, 0.29) is 6.04 Å². The van der Waals surface area contributed by atoms with E-state index in [0.717, 1.165) is 34.9 Å². The Morgan fingerprint density at radius 2 is 2.19 bits per heavy atom. The van der Waals surface area contributed by atoms with Crippen LogP contribution in [0.4, 0.5) is 5.69 Å². The number of anilines is 1. The highest BCUT2D eigenvalue weighted by molar-refractivity contribution is 6.30. The molecule has 0 saturated heterocycles. The van der Waals surface area contributed by atoms with Crippen molar-refractivity contribution in [3.63, 3.8) is 0 Å². The van der Waals surface area contributed by atoms with Gasteiger partial charge in [0.05, 0.1) is 0 Å². The second-order valence-electron chi connectivity index (χ2n) is 4.15. The van der Waals surface area contributed by atoms with Gasteiger partial charge in [0.1, 0.15) is 0 Å². The smallest absolute Gasteiger partial charge is 0.0444 e. The molecule has 2 rings (SSSR count). The number of fused-ring (bicyclic) bond motifs is 1. The molecular formula is C12H16ClN3. The van der Waals surface area contributed by atoms with Gasteiger partial charge in [0, 0.05) is 28.1 Å². The first-order valence-electron chi connectivity index (χ1n) is 5.37. The molecule has 0 spiro atoms. The number of aryl methyl sites for hydroxylation is 1. The van der Waals surface area contributed by atoms with E-state index in [1.54, 1.807) is 0 Å². The molecule has 1 aliphatic heterocycles. The lowest BCUT2D eigenvalue weighted by Crippen LogP contribution is -2.28. The number of nitrogens with one attached hydrogen (secondary N) is 1. The molecule has 1 atom stereocenters. The van der Waals surface area contributed by atoms with Crippen LogP contribution in [0.15, 0.2) is 29.6 Å². The largest absolute Gasteiger partial charge is 0.399 e. The lowest BCUT2D eigenvalue weighted by molar-refractivity contribution is 0.796. The highest BCUT2D eigenvalue weighted by Gasteiger charge is 2.16. The van der Waals surface area contributed by atoms with Crippen molar-refractivity contribution < 1.29 is 0 Å². The van der Waals surface area contributed by atoms with E-state index < -0.39 is 0 Å². The molecule has 0 aliphatic carbocycles. The molecule has 0 aromatic heterocycles. The molecule has 5 N–H and O–H groups in total. The van der Waals surface area contributed by atoms with Crippen LogP contribution in [-0.4, -0.2) is 6.04 Å². The lowest BCUT2D eigenvalue weighted by Gasteiger charge is -2.24. The molecule has 0 radical (unpaired) electrons. The van der Waals surface area contributed by atoms with Gasteiger partial charge < -0.3 is 16.8 Å². The molecule has 16 heavy (non-hydrogen) atoms. The maximum atomic E-state index is 5.94. The molecule has 0 amide bonds. The Morgan fingerprint density at radius 1 is 1.44 bits per heavy atom. The van der Waals surface area contributed by atoms with Crippen molar-refractivity contribution in [2.24, 2.45) is 11.5 Å². The van der Waals surface area contributed by atoms with Crippen LogP contribution in [0, 0.1) is 0 Å². The normalized spacial score (nSPS) is 19.7. The minimum atomic E-state index is -0.114. The summed E-state index contributed by atoms with van der Waals surface area (Å²) in [4.78, 5) is 0. The standard InChI is InChI=1S/C12H16ClN3/c1-7(14)12(15)11-4-2-8-6-9(13)3-5-10(8)16-11/h3,5-7,16H,2,4,14-15H2,1H3/b12-11-. The van der Waals surface area contributed by atoms with Crippen LogP contribution in [-0.2, 0) is 6.42 Å². The number of nitrogens with two attached hydrogens (primary N) is 2. The van der Waals surface area contributed by atoms with Crippen molar-refractivity contribution in [1.82, 2.24) is 0 Å². The molecule has 1 aromatic rings. The second-order valence-corrected chi connectivity index (χ2v) is 4.59. The third-order valence-electron chi connectivity index (χ3n) is 2.84. The van der Waals surface area contributed by atoms with Crippen molar-refractivity contribution in [2.75, 3.05) is 5.32 Å². The van der Waals surface area contributed by atoms with Crippen LogP contribution in [0.3, 0.4) is 0 Å². The zero-order chi connectivity index (χ0) is 11.7.